The second kappa shape index (κ2) is 11.6. The Morgan fingerprint density at radius 3 is 2.30 bits per heavy atom. The third-order valence-corrected chi connectivity index (χ3v) is 6.82. The summed E-state index contributed by atoms with van der Waals surface area (Å²) >= 11 is 18.7. The van der Waals surface area contributed by atoms with Crippen LogP contribution in [-0.4, -0.2) is 29.2 Å². The smallest absolute Gasteiger partial charge is 0.282 e. The second-order valence-corrected chi connectivity index (χ2v) is 9.47. The highest BCUT2D eigenvalue weighted by molar-refractivity contribution is 6.41. The molecule has 5 nitrogen and oxygen atoms in total. The van der Waals surface area contributed by atoms with Gasteiger partial charge in [-0.25, -0.2) is 5.01 Å². The number of nitrogens with zero attached hydrogens (tertiary/aromatic N) is 3. The van der Waals surface area contributed by atoms with E-state index in [1.54, 1.807) is 12.1 Å². The molecular weight excluding hydrogens is 479 g/mol. The van der Waals surface area contributed by atoms with Crippen LogP contribution in [0.3, 0.4) is 0 Å². The lowest BCUT2D eigenvalue weighted by atomic mass is 9.91. The zero-order valence-corrected chi connectivity index (χ0v) is 21.8. The molecule has 0 radical (unpaired) electrons. The van der Waals surface area contributed by atoms with Crippen molar-refractivity contribution in [3.05, 3.63) is 63.1 Å². The molecule has 0 unspecified atom stereocenters. The van der Waals surface area contributed by atoms with E-state index in [-0.39, 0.29) is 17.9 Å². The summed E-state index contributed by atoms with van der Waals surface area (Å²) in [6.45, 7) is 9.00. The molecule has 8 heteroatoms. The number of anilines is 1. The maximum Gasteiger partial charge on any atom is 0.282 e. The van der Waals surface area contributed by atoms with E-state index in [2.05, 4.69) is 12.3 Å². The summed E-state index contributed by atoms with van der Waals surface area (Å²) in [6, 6.07) is 13.0. The highest BCUT2D eigenvalue weighted by atomic mass is 35.5. The van der Waals surface area contributed by atoms with Gasteiger partial charge in [-0.15, -0.1) is 0 Å². The van der Waals surface area contributed by atoms with Gasteiger partial charge in [0.2, 0.25) is 0 Å². The lowest BCUT2D eigenvalue weighted by Crippen LogP contribution is -2.52. The third-order valence-electron chi connectivity index (χ3n) is 6.03. The minimum atomic E-state index is -0.199. The molecule has 2 aliphatic rings. The van der Waals surface area contributed by atoms with Crippen LogP contribution in [0.5, 0.6) is 0 Å². The molecule has 2 aliphatic heterocycles. The summed E-state index contributed by atoms with van der Waals surface area (Å²) in [5.41, 5.74) is 5.26. The molecule has 0 aromatic heterocycles. The van der Waals surface area contributed by atoms with Gasteiger partial charge in [-0.05, 0) is 55.7 Å². The molecule has 1 N–H and O–H groups in total. The molecular formula is C25H31Cl3N4O. The molecule has 1 saturated heterocycles. The van der Waals surface area contributed by atoms with E-state index in [1.165, 1.54) is 6.42 Å². The summed E-state index contributed by atoms with van der Waals surface area (Å²) in [5.74, 6) is -0.333. The topological polar surface area (TPSA) is 47.9 Å². The van der Waals surface area contributed by atoms with Crippen LogP contribution in [0.1, 0.15) is 58.6 Å². The van der Waals surface area contributed by atoms with Crippen molar-refractivity contribution in [3.8, 4) is 0 Å². The molecule has 178 valence electrons. The van der Waals surface area contributed by atoms with Gasteiger partial charge in [0.05, 0.1) is 16.8 Å². The van der Waals surface area contributed by atoms with E-state index in [1.807, 2.05) is 61.1 Å². The van der Waals surface area contributed by atoms with Gasteiger partial charge in [-0.3, -0.25) is 15.2 Å². The molecule has 0 aliphatic carbocycles. The standard InChI is InChI=1S/C23H25Cl3N4O.C2H6/c1-14-5-3-4-12-29(14)28-23(31)21-15(2)22(16-6-8-17(24)9-7-16)30(27-21)20-11-10-18(25)13-19(20)26;1-2/h6-11,13-15,22H,3-5,12H2,1-2H3,(H,28,31);1-2H3/t14-,15+,22-;/m0./s1. The van der Waals surface area contributed by atoms with Crippen LogP contribution < -0.4 is 10.4 Å². The molecule has 1 amide bonds. The average Bonchev–Trinajstić information content (AvgIpc) is 3.14. The normalized spacial score (nSPS) is 22.9. The molecule has 4 rings (SSSR count). The van der Waals surface area contributed by atoms with Crippen molar-refractivity contribution >= 4 is 52.1 Å². The first-order valence-electron chi connectivity index (χ1n) is 11.5. The van der Waals surface area contributed by atoms with Gasteiger partial charge in [-0.2, -0.15) is 5.10 Å². The van der Waals surface area contributed by atoms with Gasteiger partial charge in [-0.1, -0.05) is 74.1 Å². The lowest BCUT2D eigenvalue weighted by Gasteiger charge is -2.33. The Bertz CT molecular complexity index is 996. The number of hydrazine groups is 1. The van der Waals surface area contributed by atoms with E-state index in [0.717, 1.165) is 24.9 Å². The van der Waals surface area contributed by atoms with Gasteiger partial charge in [0, 0.05) is 28.5 Å². The summed E-state index contributed by atoms with van der Waals surface area (Å²) in [7, 11) is 0. The zero-order valence-electron chi connectivity index (χ0n) is 19.5. The predicted molar refractivity (Wildman–Crippen MR) is 139 cm³/mol. The van der Waals surface area contributed by atoms with Gasteiger partial charge >= 0.3 is 0 Å². The molecule has 1 fully saturated rings. The van der Waals surface area contributed by atoms with E-state index < -0.39 is 0 Å². The molecule has 0 saturated carbocycles. The zero-order chi connectivity index (χ0) is 24.1. The van der Waals surface area contributed by atoms with Crippen LogP contribution in [0.15, 0.2) is 47.6 Å². The summed E-state index contributed by atoms with van der Waals surface area (Å²) in [5, 5.41) is 10.3. The Kier molecular flexibility index (Phi) is 9.05. The largest absolute Gasteiger partial charge is 0.283 e. The van der Waals surface area contributed by atoms with Crippen LogP contribution in [0.2, 0.25) is 15.1 Å². The Morgan fingerprint density at radius 2 is 1.67 bits per heavy atom. The van der Waals surface area contributed by atoms with E-state index in [9.17, 15) is 4.79 Å². The molecule has 2 aromatic carbocycles. The highest BCUT2D eigenvalue weighted by Crippen LogP contribution is 2.42. The van der Waals surface area contributed by atoms with Crippen molar-refractivity contribution in [2.75, 3.05) is 11.6 Å². The minimum Gasteiger partial charge on any atom is -0.283 e. The fourth-order valence-electron chi connectivity index (χ4n) is 4.30. The first-order valence-corrected chi connectivity index (χ1v) is 12.6. The number of carbonyl (C=O) groups is 1. The first kappa shape index (κ1) is 25.8. The highest BCUT2D eigenvalue weighted by Gasteiger charge is 2.40. The molecule has 33 heavy (non-hydrogen) atoms. The number of amides is 1. The molecule has 2 aromatic rings. The Balaban J connectivity index is 0.00000149. The number of rotatable bonds is 4. The van der Waals surface area contributed by atoms with Crippen molar-refractivity contribution in [1.82, 2.24) is 10.4 Å². The second-order valence-electron chi connectivity index (χ2n) is 8.19. The number of hydrogen-bond donors (Lipinski definition) is 1. The fraction of sp³-hybridized carbons (Fsp3) is 0.440. The van der Waals surface area contributed by atoms with Crippen molar-refractivity contribution in [2.45, 2.75) is 59.0 Å². The maximum atomic E-state index is 13.2. The monoisotopic (exact) mass is 508 g/mol. The Labute approximate surface area is 211 Å². The summed E-state index contributed by atoms with van der Waals surface area (Å²) in [6.07, 6.45) is 3.33. The van der Waals surface area contributed by atoms with Gasteiger partial charge in [0.15, 0.2) is 0 Å². The summed E-state index contributed by atoms with van der Waals surface area (Å²) < 4.78 is 0. The van der Waals surface area contributed by atoms with E-state index >= 15 is 0 Å². The minimum absolute atomic E-state index is 0.159. The Hall–Kier alpha value is -1.79. The number of halogens is 3. The van der Waals surface area contributed by atoms with Crippen LogP contribution in [0.4, 0.5) is 5.69 Å². The molecule has 2 heterocycles. The van der Waals surface area contributed by atoms with Crippen molar-refractivity contribution in [1.29, 1.82) is 0 Å². The molecule has 3 atom stereocenters. The molecule has 0 bridgehead atoms. The van der Waals surface area contributed by atoms with Crippen molar-refractivity contribution in [3.63, 3.8) is 0 Å². The van der Waals surface area contributed by atoms with Crippen LogP contribution in [-0.2, 0) is 4.79 Å². The lowest BCUT2D eigenvalue weighted by molar-refractivity contribution is -0.121. The molecule has 0 spiro atoms. The predicted octanol–water partition coefficient (Wildman–Crippen LogP) is 7.13. The summed E-state index contributed by atoms with van der Waals surface area (Å²) in [4.78, 5) is 13.2. The Morgan fingerprint density at radius 1 is 1.00 bits per heavy atom. The van der Waals surface area contributed by atoms with Gasteiger partial charge in [0.25, 0.3) is 5.91 Å². The third kappa shape index (κ3) is 5.83. The number of nitrogens with one attached hydrogen (secondary N) is 1. The van der Waals surface area contributed by atoms with Gasteiger partial charge < -0.3 is 0 Å². The number of hydrogen-bond acceptors (Lipinski definition) is 4. The quantitative estimate of drug-likeness (QED) is 0.477. The SMILES string of the molecule is CC.C[C@@H]1C(C(=O)NN2CCCC[C@@H]2C)=NN(c2ccc(Cl)cc2Cl)[C@@H]1c1ccc(Cl)cc1. The van der Waals surface area contributed by atoms with Crippen LogP contribution >= 0.6 is 34.8 Å². The first-order chi connectivity index (χ1) is 15.8. The van der Waals surface area contributed by atoms with Crippen LogP contribution in [0.25, 0.3) is 0 Å². The fourth-order valence-corrected chi connectivity index (χ4v) is 4.92. The maximum absolute atomic E-state index is 13.2. The number of hydrazone groups is 1. The van der Waals surface area contributed by atoms with E-state index in [0.29, 0.717) is 32.5 Å². The van der Waals surface area contributed by atoms with E-state index in [4.69, 9.17) is 39.9 Å². The van der Waals surface area contributed by atoms with Crippen molar-refractivity contribution < 1.29 is 4.79 Å². The van der Waals surface area contributed by atoms with Crippen molar-refractivity contribution in [2.24, 2.45) is 11.0 Å². The average molecular weight is 510 g/mol. The van der Waals surface area contributed by atoms with Crippen LogP contribution in [0, 0.1) is 5.92 Å². The van der Waals surface area contributed by atoms with Gasteiger partial charge in [0.1, 0.15) is 5.71 Å². The number of carbonyl (C=O) groups excluding carboxylic acids is 1. The number of benzene rings is 2. The number of piperidine rings is 1.